The summed E-state index contributed by atoms with van der Waals surface area (Å²) in [4.78, 5) is 13.7. The van der Waals surface area contributed by atoms with Crippen LogP contribution in [0.4, 0.5) is 13.2 Å². The van der Waals surface area contributed by atoms with Crippen molar-refractivity contribution in [2.45, 2.75) is 38.0 Å². The summed E-state index contributed by atoms with van der Waals surface area (Å²) in [6, 6.07) is 4.12. The van der Waals surface area contributed by atoms with Crippen LogP contribution in [0.5, 0.6) is 0 Å². The Morgan fingerprint density at radius 1 is 1.24 bits per heavy atom. The van der Waals surface area contributed by atoms with Crippen LogP contribution in [0.2, 0.25) is 0 Å². The number of rotatable bonds is 4. The second kappa shape index (κ2) is 7.33. The third-order valence-corrected chi connectivity index (χ3v) is 5.22. The number of hydrogen-bond donors (Lipinski definition) is 0. The zero-order valence-electron chi connectivity index (χ0n) is 13.9. The molecule has 1 fully saturated rings. The standard InChI is InChI=1S/C16H20F3NO4S/c1-11-7-20(8-12(2)24-11)15(21)10-25(22,23)9-13-4-3-5-14(6-13)16(17,18)19/h3-6,11-12H,7-10H2,1-2H3. The molecule has 2 unspecified atom stereocenters. The summed E-state index contributed by atoms with van der Waals surface area (Å²) in [6.45, 7) is 4.16. The van der Waals surface area contributed by atoms with E-state index in [1.807, 2.05) is 0 Å². The van der Waals surface area contributed by atoms with Gasteiger partial charge in [-0.25, -0.2) is 8.42 Å². The minimum Gasteiger partial charge on any atom is -0.372 e. The van der Waals surface area contributed by atoms with Gasteiger partial charge >= 0.3 is 6.18 Å². The van der Waals surface area contributed by atoms with Crippen LogP contribution in [0.15, 0.2) is 24.3 Å². The average Bonchev–Trinajstić information content (AvgIpc) is 2.44. The topological polar surface area (TPSA) is 63.7 Å². The van der Waals surface area contributed by atoms with Crippen molar-refractivity contribution in [2.75, 3.05) is 18.8 Å². The van der Waals surface area contributed by atoms with Gasteiger partial charge in [0.05, 0.1) is 23.5 Å². The summed E-state index contributed by atoms with van der Waals surface area (Å²) < 4.78 is 68.0. The van der Waals surface area contributed by atoms with Crippen LogP contribution < -0.4 is 0 Å². The third-order valence-electron chi connectivity index (χ3n) is 3.76. The van der Waals surface area contributed by atoms with Crippen LogP contribution in [0.3, 0.4) is 0 Å². The molecule has 1 aliphatic heterocycles. The van der Waals surface area contributed by atoms with Crippen molar-refractivity contribution in [3.63, 3.8) is 0 Å². The first-order valence-corrected chi connectivity index (χ1v) is 9.58. The predicted molar refractivity (Wildman–Crippen MR) is 85.5 cm³/mol. The molecule has 2 atom stereocenters. The molecule has 0 bridgehead atoms. The van der Waals surface area contributed by atoms with E-state index < -0.39 is 39.0 Å². The van der Waals surface area contributed by atoms with Crippen molar-refractivity contribution in [2.24, 2.45) is 0 Å². The van der Waals surface area contributed by atoms with Crippen molar-refractivity contribution in [3.05, 3.63) is 35.4 Å². The maximum absolute atomic E-state index is 12.7. The molecule has 0 saturated carbocycles. The van der Waals surface area contributed by atoms with E-state index in [9.17, 15) is 26.4 Å². The molecular formula is C16H20F3NO4S. The molecule has 1 heterocycles. The van der Waals surface area contributed by atoms with E-state index in [0.717, 1.165) is 18.2 Å². The molecule has 140 valence electrons. The van der Waals surface area contributed by atoms with Gasteiger partial charge in [0.2, 0.25) is 5.91 Å². The van der Waals surface area contributed by atoms with Crippen LogP contribution in [0.25, 0.3) is 0 Å². The summed E-state index contributed by atoms with van der Waals surface area (Å²) in [7, 11) is -3.88. The van der Waals surface area contributed by atoms with Crippen molar-refractivity contribution in [3.8, 4) is 0 Å². The third kappa shape index (κ3) is 5.71. The van der Waals surface area contributed by atoms with Crippen LogP contribution in [-0.2, 0) is 31.3 Å². The molecule has 0 aromatic heterocycles. The quantitative estimate of drug-likeness (QED) is 0.805. The van der Waals surface area contributed by atoms with E-state index in [2.05, 4.69) is 0 Å². The van der Waals surface area contributed by atoms with Crippen molar-refractivity contribution in [1.29, 1.82) is 0 Å². The minimum absolute atomic E-state index is 0.00587. The second-order valence-electron chi connectivity index (χ2n) is 6.29. The molecule has 0 radical (unpaired) electrons. The van der Waals surface area contributed by atoms with Gasteiger partial charge in [0.15, 0.2) is 9.84 Å². The highest BCUT2D eigenvalue weighted by Gasteiger charge is 2.32. The molecule has 1 aromatic rings. The number of hydrogen-bond acceptors (Lipinski definition) is 4. The number of alkyl halides is 3. The number of sulfone groups is 1. The lowest BCUT2D eigenvalue weighted by Gasteiger charge is -2.35. The molecule has 1 aromatic carbocycles. The lowest BCUT2D eigenvalue weighted by molar-refractivity contribution is -0.140. The van der Waals surface area contributed by atoms with E-state index in [1.165, 1.54) is 11.0 Å². The molecule has 5 nitrogen and oxygen atoms in total. The Morgan fingerprint density at radius 2 is 1.84 bits per heavy atom. The van der Waals surface area contributed by atoms with Gasteiger partial charge in [0.1, 0.15) is 5.75 Å². The average molecular weight is 379 g/mol. The van der Waals surface area contributed by atoms with E-state index >= 15 is 0 Å². The maximum atomic E-state index is 12.7. The number of morpholine rings is 1. The maximum Gasteiger partial charge on any atom is 0.416 e. The predicted octanol–water partition coefficient (Wildman–Crippen LogP) is 2.26. The first-order chi connectivity index (χ1) is 11.5. The summed E-state index contributed by atoms with van der Waals surface area (Å²) in [5, 5.41) is 0. The number of nitrogens with zero attached hydrogens (tertiary/aromatic N) is 1. The van der Waals surface area contributed by atoms with Crippen molar-refractivity contribution < 1.29 is 31.1 Å². The highest BCUT2D eigenvalue weighted by molar-refractivity contribution is 7.91. The Balaban J connectivity index is 2.06. The largest absolute Gasteiger partial charge is 0.416 e. The molecule has 1 saturated heterocycles. The zero-order chi connectivity index (χ0) is 18.8. The molecule has 0 aliphatic carbocycles. The fraction of sp³-hybridized carbons (Fsp3) is 0.562. The molecule has 25 heavy (non-hydrogen) atoms. The molecule has 1 amide bonds. The molecule has 1 aliphatic rings. The van der Waals surface area contributed by atoms with E-state index in [4.69, 9.17) is 4.74 Å². The van der Waals surface area contributed by atoms with Gasteiger partial charge in [-0.1, -0.05) is 18.2 Å². The van der Waals surface area contributed by atoms with Crippen LogP contribution in [-0.4, -0.2) is 50.3 Å². The van der Waals surface area contributed by atoms with Gasteiger partial charge in [-0.3, -0.25) is 4.79 Å². The Hall–Kier alpha value is -1.61. The summed E-state index contributed by atoms with van der Waals surface area (Å²) in [6.07, 6.45) is -4.94. The summed E-state index contributed by atoms with van der Waals surface area (Å²) >= 11 is 0. The van der Waals surface area contributed by atoms with Crippen LogP contribution >= 0.6 is 0 Å². The van der Waals surface area contributed by atoms with E-state index in [0.29, 0.717) is 13.1 Å². The van der Waals surface area contributed by atoms with E-state index in [1.54, 1.807) is 13.8 Å². The summed E-state index contributed by atoms with van der Waals surface area (Å²) in [5.41, 5.74) is -0.909. The molecule has 0 spiro atoms. The molecule has 2 rings (SSSR count). The normalized spacial score (nSPS) is 22.0. The van der Waals surface area contributed by atoms with Crippen molar-refractivity contribution >= 4 is 15.7 Å². The number of ether oxygens (including phenoxy) is 1. The van der Waals surface area contributed by atoms with Crippen LogP contribution in [0, 0.1) is 0 Å². The van der Waals surface area contributed by atoms with Crippen molar-refractivity contribution in [1.82, 2.24) is 4.90 Å². The zero-order valence-corrected chi connectivity index (χ0v) is 14.7. The monoisotopic (exact) mass is 379 g/mol. The Kier molecular flexibility index (Phi) is 5.78. The van der Waals surface area contributed by atoms with Gasteiger partial charge in [0.25, 0.3) is 0 Å². The van der Waals surface area contributed by atoms with Gasteiger partial charge in [-0.15, -0.1) is 0 Å². The molecule has 0 N–H and O–H groups in total. The fourth-order valence-corrected chi connectivity index (χ4v) is 4.15. The summed E-state index contributed by atoms with van der Waals surface area (Å²) in [5.74, 6) is -1.91. The first-order valence-electron chi connectivity index (χ1n) is 7.76. The molecule has 9 heteroatoms. The second-order valence-corrected chi connectivity index (χ2v) is 8.35. The number of carbonyl (C=O) groups excluding carboxylic acids is 1. The van der Waals surface area contributed by atoms with Crippen LogP contribution in [0.1, 0.15) is 25.0 Å². The lowest BCUT2D eigenvalue weighted by Crippen LogP contribution is -2.49. The highest BCUT2D eigenvalue weighted by Crippen LogP contribution is 2.29. The highest BCUT2D eigenvalue weighted by atomic mass is 32.2. The molecular weight excluding hydrogens is 359 g/mol. The lowest BCUT2D eigenvalue weighted by atomic mass is 10.1. The minimum atomic E-state index is -4.55. The number of carbonyl (C=O) groups is 1. The fourth-order valence-electron chi connectivity index (χ4n) is 2.80. The number of amides is 1. The first kappa shape index (κ1) is 19.7. The van der Waals surface area contributed by atoms with Gasteiger partial charge in [-0.05, 0) is 25.5 Å². The smallest absolute Gasteiger partial charge is 0.372 e. The SMILES string of the molecule is CC1CN(C(=O)CS(=O)(=O)Cc2cccc(C(F)(F)F)c2)CC(C)O1. The Morgan fingerprint density at radius 3 is 2.40 bits per heavy atom. The number of benzene rings is 1. The number of halogens is 3. The van der Waals surface area contributed by atoms with Gasteiger partial charge in [0, 0.05) is 13.1 Å². The van der Waals surface area contributed by atoms with Gasteiger partial charge < -0.3 is 9.64 Å². The van der Waals surface area contributed by atoms with E-state index in [-0.39, 0.29) is 17.8 Å². The van der Waals surface area contributed by atoms with Gasteiger partial charge in [-0.2, -0.15) is 13.2 Å². The Bertz CT molecular complexity index is 723. The Labute approximate surface area is 144 Å².